The first-order chi connectivity index (χ1) is 7.10. The molecule has 0 saturated carbocycles. The van der Waals surface area contributed by atoms with E-state index in [1.807, 2.05) is 0 Å². The van der Waals surface area contributed by atoms with Crippen LogP contribution in [0, 0.1) is 11.3 Å². The van der Waals surface area contributed by atoms with Crippen LogP contribution in [0.25, 0.3) is 0 Å². The first kappa shape index (κ1) is 11.3. The molecule has 1 rings (SSSR count). The number of benzene rings is 1. The van der Waals surface area contributed by atoms with E-state index in [-0.39, 0.29) is 5.92 Å². The molecule has 1 unspecified atom stereocenters. The van der Waals surface area contributed by atoms with Gasteiger partial charge >= 0.3 is 5.97 Å². The molecule has 0 saturated heterocycles. The molecule has 0 aliphatic rings. The van der Waals surface area contributed by atoms with E-state index in [1.54, 1.807) is 25.1 Å². The second kappa shape index (κ2) is 4.65. The summed E-state index contributed by atoms with van der Waals surface area (Å²) in [6, 6.07) is 6.87. The second-order valence-electron chi connectivity index (χ2n) is 3.19. The van der Waals surface area contributed by atoms with E-state index in [0.29, 0.717) is 16.6 Å². The van der Waals surface area contributed by atoms with Gasteiger partial charge in [0, 0.05) is 0 Å². The van der Waals surface area contributed by atoms with Crippen LogP contribution in [0.5, 0.6) is 0 Å². The van der Waals surface area contributed by atoms with Crippen LogP contribution in [-0.2, 0) is 4.74 Å². The van der Waals surface area contributed by atoms with Crippen LogP contribution in [0.1, 0.15) is 28.8 Å². The lowest BCUT2D eigenvalue weighted by Gasteiger charge is -2.10. The fourth-order valence-corrected chi connectivity index (χ4v) is 1.30. The smallest absolute Gasteiger partial charge is 0.338 e. The maximum atomic E-state index is 11.4. The fourth-order valence-electron chi connectivity index (χ4n) is 1.30. The lowest BCUT2D eigenvalue weighted by atomic mass is 9.88. The van der Waals surface area contributed by atoms with Crippen molar-refractivity contribution >= 4 is 19.3 Å². The minimum atomic E-state index is -0.452. The maximum absolute atomic E-state index is 11.4. The molecule has 2 radical (unpaired) electrons. The van der Waals surface area contributed by atoms with E-state index < -0.39 is 5.97 Å². The predicted molar refractivity (Wildman–Crippen MR) is 57.2 cm³/mol. The molecule has 1 aromatic carbocycles. The summed E-state index contributed by atoms with van der Waals surface area (Å²) in [7, 11) is 6.91. The van der Waals surface area contributed by atoms with Gasteiger partial charge in [0.05, 0.1) is 24.7 Å². The molecular formula is C11H10BNO2. The van der Waals surface area contributed by atoms with Crippen molar-refractivity contribution in [3.63, 3.8) is 0 Å². The topological polar surface area (TPSA) is 50.1 Å². The van der Waals surface area contributed by atoms with Crippen molar-refractivity contribution in [3.8, 4) is 6.07 Å². The number of methoxy groups -OCH3 is 1. The van der Waals surface area contributed by atoms with Crippen LogP contribution >= 0.6 is 0 Å². The van der Waals surface area contributed by atoms with Crippen LogP contribution in [0.4, 0.5) is 0 Å². The summed E-state index contributed by atoms with van der Waals surface area (Å²) < 4.78 is 4.62. The van der Waals surface area contributed by atoms with Crippen molar-refractivity contribution in [1.29, 1.82) is 5.26 Å². The highest BCUT2D eigenvalue weighted by atomic mass is 16.5. The van der Waals surface area contributed by atoms with E-state index in [4.69, 9.17) is 13.1 Å². The summed E-state index contributed by atoms with van der Waals surface area (Å²) in [5, 5.41) is 8.82. The molecule has 0 aliphatic carbocycles. The standard InChI is InChI=1S/C11H10BNO2/c1-7(6-13)10-5-8(12)3-4-9(10)11(14)15-2/h3-5,7H,1-2H3. The molecule has 0 heterocycles. The zero-order valence-corrected chi connectivity index (χ0v) is 8.65. The van der Waals surface area contributed by atoms with Gasteiger partial charge in [0.1, 0.15) is 7.85 Å². The summed E-state index contributed by atoms with van der Waals surface area (Å²) in [5.41, 5.74) is 1.52. The Morgan fingerprint density at radius 1 is 1.60 bits per heavy atom. The highest BCUT2D eigenvalue weighted by molar-refractivity contribution is 6.32. The minimum Gasteiger partial charge on any atom is -0.465 e. The molecule has 0 aromatic heterocycles. The molecule has 0 aliphatic heterocycles. The van der Waals surface area contributed by atoms with Crippen molar-refractivity contribution < 1.29 is 9.53 Å². The molecule has 4 heteroatoms. The SMILES string of the molecule is [B]c1ccc(C(=O)OC)c(C(C)C#N)c1. The minimum absolute atomic E-state index is 0.386. The molecule has 0 bridgehead atoms. The lowest BCUT2D eigenvalue weighted by Crippen LogP contribution is -2.12. The monoisotopic (exact) mass is 199 g/mol. The van der Waals surface area contributed by atoms with Crippen LogP contribution in [0.15, 0.2) is 18.2 Å². The van der Waals surface area contributed by atoms with Crippen molar-refractivity contribution in [2.45, 2.75) is 12.8 Å². The van der Waals surface area contributed by atoms with E-state index >= 15 is 0 Å². The summed E-state index contributed by atoms with van der Waals surface area (Å²) in [6.45, 7) is 1.71. The Labute approximate surface area is 90.1 Å². The third-order valence-electron chi connectivity index (χ3n) is 2.14. The van der Waals surface area contributed by atoms with E-state index in [9.17, 15) is 4.79 Å². The summed E-state index contributed by atoms with van der Waals surface area (Å²) in [4.78, 5) is 11.4. The Morgan fingerprint density at radius 3 is 2.80 bits per heavy atom. The number of rotatable bonds is 2. The van der Waals surface area contributed by atoms with Crippen molar-refractivity contribution in [1.82, 2.24) is 0 Å². The van der Waals surface area contributed by atoms with E-state index in [2.05, 4.69) is 10.8 Å². The Balaban J connectivity index is 3.27. The number of ether oxygens (including phenoxy) is 1. The summed E-state index contributed by atoms with van der Waals surface area (Å²) in [6.07, 6.45) is 0. The molecule has 15 heavy (non-hydrogen) atoms. The number of carbonyl (C=O) groups is 1. The normalized spacial score (nSPS) is 11.5. The zero-order valence-electron chi connectivity index (χ0n) is 8.65. The molecule has 1 atom stereocenters. The van der Waals surface area contributed by atoms with E-state index in [1.165, 1.54) is 7.11 Å². The van der Waals surface area contributed by atoms with Gasteiger partial charge in [-0.2, -0.15) is 5.26 Å². The van der Waals surface area contributed by atoms with Gasteiger partial charge in [-0.15, -0.1) is 0 Å². The average Bonchev–Trinajstić information content (AvgIpc) is 2.26. The summed E-state index contributed by atoms with van der Waals surface area (Å²) in [5.74, 6) is -0.838. The molecule has 0 amide bonds. The first-order valence-corrected chi connectivity index (χ1v) is 4.47. The van der Waals surface area contributed by atoms with Gasteiger partial charge < -0.3 is 4.74 Å². The van der Waals surface area contributed by atoms with Gasteiger partial charge in [-0.3, -0.25) is 0 Å². The van der Waals surface area contributed by atoms with Crippen molar-refractivity contribution in [2.24, 2.45) is 0 Å². The molecule has 0 spiro atoms. The van der Waals surface area contributed by atoms with Crippen molar-refractivity contribution in [3.05, 3.63) is 29.3 Å². The third-order valence-corrected chi connectivity index (χ3v) is 2.14. The van der Waals surface area contributed by atoms with Gasteiger partial charge in [-0.1, -0.05) is 17.6 Å². The molecule has 0 fully saturated rings. The van der Waals surface area contributed by atoms with Crippen LogP contribution in [0.3, 0.4) is 0 Å². The van der Waals surface area contributed by atoms with Crippen LogP contribution in [0.2, 0.25) is 0 Å². The highest BCUT2D eigenvalue weighted by Gasteiger charge is 2.15. The highest BCUT2D eigenvalue weighted by Crippen LogP contribution is 2.18. The first-order valence-electron chi connectivity index (χ1n) is 4.47. The number of hydrogen-bond donors (Lipinski definition) is 0. The van der Waals surface area contributed by atoms with Gasteiger partial charge in [-0.05, 0) is 18.6 Å². The van der Waals surface area contributed by atoms with Crippen LogP contribution in [-0.4, -0.2) is 20.9 Å². The second-order valence-corrected chi connectivity index (χ2v) is 3.19. The molecule has 0 N–H and O–H groups in total. The van der Waals surface area contributed by atoms with Gasteiger partial charge in [0.2, 0.25) is 0 Å². The molecule has 1 aromatic rings. The van der Waals surface area contributed by atoms with Gasteiger partial charge in [-0.25, -0.2) is 4.79 Å². The zero-order chi connectivity index (χ0) is 11.4. The van der Waals surface area contributed by atoms with Gasteiger partial charge in [0.15, 0.2) is 0 Å². The average molecular weight is 199 g/mol. The quantitative estimate of drug-likeness (QED) is 0.525. The van der Waals surface area contributed by atoms with E-state index in [0.717, 1.165) is 0 Å². The number of carbonyl (C=O) groups excluding carboxylic acids is 1. The largest absolute Gasteiger partial charge is 0.465 e. The fraction of sp³-hybridized carbons (Fsp3) is 0.273. The lowest BCUT2D eigenvalue weighted by molar-refractivity contribution is 0.0599. The van der Waals surface area contributed by atoms with Crippen molar-refractivity contribution in [2.75, 3.05) is 7.11 Å². The summed E-state index contributed by atoms with van der Waals surface area (Å²) >= 11 is 0. The molecular weight excluding hydrogens is 189 g/mol. The number of esters is 1. The Bertz CT molecular complexity index is 423. The van der Waals surface area contributed by atoms with Gasteiger partial charge in [0.25, 0.3) is 0 Å². The number of hydrogen-bond acceptors (Lipinski definition) is 3. The third kappa shape index (κ3) is 2.38. The molecule has 74 valence electrons. The Kier molecular flexibility index (Phi) is 3.51. The number of nitriles is 1. The Morgan fingerprint density at radius 2 is 2.27 bits per heavy atom. The van der Waals surface area contributed by atoms with Crippen LogP contribution < -0.4 is 5.46 Å². The molecule has 3 nitrogen and oxygen atoms in total. The number of nitrogens with zero attached hydrogens (tertiary/aromatic N) is 1. The predicted octanol–water partition coefficient (Wildman–Crippen LogP) is 0.894. The maximum Gasteiger partial charge on any atom is 0.338 e. The Hall–Kier alpha value is -1.76.